The van der Waals surface area contributed by atoms with Crippen LogP contribution < -0.4 is 5.32 Å². The molecule has 0 bridgehead atoms. The first kappa shape index (κ1) is 15.6. The summed E-state index contributed by atoms with van der Waals surface area (Å²) in [4.78, 5) is 10.8. The molecule has 0 spiro atoms. The van der Waals surface area contributed by atoms with E-state index in [1.165, 1.54) is 12.1 Å². The molecule has 0 saturated carbocycles. The highest BCUT2D eigenvalue weighted by atomic mass is 32.2. The molecule has 1 unspecified atom stereocenters. The Labute approximate surface area is 111 Å². The van der Waals surface area contributed by atoms with Crippen LogP contribution in [0.4, 0.5) is 4.39 Å². The zero-order valence-corrected chi connectivity index (χ0v) is 11.5. The van der Waals surface area contributed by atoms with Gasteiger partial charge in [0.2, 0.25) is 0 Å². The van der Waals surface area contributed by atoms with Crippen molar-refractivity contribution in [3.63, 3.8) is 0 Å². The highest BCUT2D eigenvalue weighted by molar-refractivity contribution is 7.90. The number of halogens is 1. The minimum absolute atomic E-state index is 0.00559. The number of carbonyl (C=O) groups is 1. The highest BCUT2D eigenvalue weighted by Gasteiger charge is 2.12. The third kappa shape index (κ3) is 5.35. The van der Waals surface area contributed by atoms with E-state index in [2.05, 4.69) is 5.32 Å². The van der Waals surface area contributed by atoms with Crippen LogP contribution in [0.15, 0.2) is 18.2 Å². The molecule has 1 rings (SSSR count). The largest absolute Gasteiger partial charge is 0.478 e. The van der Waals surface area contributed by atoms with E-state index in [0.29, 0.717) is 0 Å². The van der Waals surface area contributed by atoms with Gasteiger partial charge >= 0.3 is 5.97 Å². The quantitative estimate of drug-likeness (QED) is 0.817. The SMILES string of the molecule is CC(CS(C)(=O)=O)NCc1cc(C(=O)O)ccc1F. The number of aromatic carboxylic acids is 1. The van der Waals surface area contributed by atoms with Crippen LogP contribution in [0, 0.1) is 5.82 Å². The summed E-state index contributed by atoms with van der Waals surface area (Å²) in [6, 6.07) is 3.16. The molecule has 19 heavy (non-hydrogen) atoms. The van der Waals surface area contributed by atoms with Crippen LogP contribution in [0.3, 0.4) is 0 Å². The molecule has 0 radical (unpaired) electrons. The van der Waals surface area contributed by atoms with E-state index in [9.17, 15) is 17.6 Å². The number of carboxylic acid groups (broad SMARTS) is 1. The van der Waals surface area contributed by atoms with Crippen LogP contribution in [0.1, 0.15) is 22.8 Å². The Balaban J connectivity index is 2.72. The summed E-state index contributed by atoms with van der Waals surface area (Å²) >= 11 is 0. The van der Waals surface area contributed by atoms with E-state index in [1.54, 1.807) is 6.92 Å². The van der Waals surface area contributed by atoms with Gasteiger partial charge in [0, 0.05) is 24.4 Å². The van der Waals surface area contributed by atoms with E-state index >= 15 is 0 Å². The first-order chi connectivity index (χ1) is 8.69. The Kier molecular flexibility index (Phi) is 5.02. The topological polar surface area (TPSA) is 83.5 Å². The van der Waals surface area contributed by atoms with Gasteiger partial charge in [-0.2, -0.15) is 0 Å². The Morgan fingerprint density at radius 3 is 2.63 bits per heavy atom. The molecule has 2 N–H and O–H groups in total. The number of rotatable bonds is 6. The molecule has 1 aromatic carbocycles. The summed E-state index contributed by atoms with van der Waals surface area (Å²) in [5, 5.41) is 11.7. The number of sulfone groups is 1. The van der Waals surface area contributed by atoms with Crippen LogP contribution in [0.25, 0.3) is 0 Å². The van der Waals surface area contributed by atoms with E-state index < -0.39 is 21.6 Å². The van der Waals surface area contributed by atoms with Gasteiger partial charge in [-0.3, -0.25) is 0 Å². The van der Waals surface area contributed by atoms with Gasteiger partial charge in [0.1, 0.15) is 15.7 Å². The maximum atomic E-state index is 13.5. The smallest absolute Gasteiger partial charge is 0.335 e. The van der Waals surface area contributed by atoms with Crippen molar-refractivity contribution < 1.29 is 22.7 Å². The Morgan fingerprint density at radius 2 is 2.11 bits per heavy atom. The van der Waals surface area contributed by atoms with Gasteiger partial charge in [0.25, 0.3) is 0 Å². The van der Waals surface area contributed by atoms with Gasteiger partial charge in [-0.1, -0.05) is 0 Å². The Bertz CT molecular complexity index is 571. The third-order valence-electron chi connectivity index (χ3n) is 2.49. The van der Waals surface area contributed by atoms with Gasteiger partial charge in [-0.25, -0.2) is 17.6 Å². The Morgan fingerprint density at radius 1 is 1.47 bits per heavy atom. The van der Waals surface area contributed by atoms with Crippen LogP contribution in [0.2, 0.25) is 0 Å². The van der Waals surface area contributed by atoms with Crippen molar-refractivity contribution in [2.45, 2.75) is 19.5 Å². The molecule has 106 valence electrons. The molecule has 0 aromatic heterocycles. The second-order valence-corrected chi connectivity index (χ2v) is 6.67. The van der Waals surface area contributed by atoms with Gasteiger partial charge < -0.3 is 10.4 Å². The van der Waals surface area contributed by atoms with Crippen LogP contribution in [0.5, 0.6) is 0 Å². The normalized spacial score (nSPS) is 13.2. The van der Waals surface area contributed by atoms with Crippen molar-refractivity contribution in [1.29, 1.82) is 0 Å². The maximum Gasteiger partial charge on any atom is 0.335 e. The van der Waals surface area contributed by atoms with Crippen LogP contribution in [-0.4, -0.2) is 37.5 Å². The lowest BCUT2D eigenvalue weighted by Crippen LogP contribution is -2.32. The number of nitrogens with one attached hydrogen (secondary N) is 1. The second-order valence-electron chi connectivity index (χ2n) is 4.49. The fourth-order valence-corrected chi connectivity index (χ4v) is 2.67. The minimum Gasteiger partial charge on any atom is -0.478 e. The molecule has 0 aliphatic carbocycles. The molecule has 0 aliphatic heterocycles. The van der Waals surface area contributed by atoms with Crippen LogP contribution in [-0.2, 0) is 16.4 Å². The summed E-state index contributed by atoms with van der Waals surface area (Å²) in [7, 11) is -3.11. The zero-order valence-electron chi connectivity index (χ0n) is 10.7. The summed E-state index contributed by atoms with van der Waals surface area (Å²) in [5.74, 6) is -1.72. The summed E-state index contributed by atoms with van der Waals surface area (Å²) in [6.45, 7) is 1.74. The number of benzene rings is 1. The molecule has 1 aromatic rings. The lowest BCUT2D eigenvalue weighted by atomic mass is 10.1. The van der Waals surface area contributed by atoms with Gasteiger partial charge in [-0.15, -0.1) is 0 Å². The van der Waals surface area contributed by atoms with Gasteiger partial charge in [-0.05, 0) is 25.1 Å². The van der Waals surface area contributed by atoms with Crippen molar-refractivity contribution in [2.24, 2.45) is 0 Å². The summed E-state index contributed by atoms with van der Waals surface area (Å²) in [5.41, 5.74) is 0.189. The van der Waals surface area contributed by atoms with E-state index in [0.717, 1.165) is 12.3 Å². The van der Waals surface area contributed by atoms with Crippen molar-refractivity contribution in [3.05, 3.63) is 35.1 Å². The first-order valence-electron chi connectivity index (χ1n) is 5.62. The molecule has 0 amide bonds. The fourth-order valence-electron chi connectivity index (χ4n) is 1.64. The second kappa shape index (κ2) is 6.12. The highest BCUT2D eigenvalue weighted by Crippen LogP contribution is 2.11. The van der Waals surface area contributed by atoms with E-state index in [4.69, 9.17) is 5.11 Å². The predicted octanol–water partition coefficient (Wildman–Crippen LogP) is 1.05. The molecule has 5 nitrogen and oxygen atoms in total. The lowest BCUT2D eigenvalue weighted by Gasteiger charge is -2.13. The van der Waals surface area contributed by atoms with Crippen molar-refractivity contribution in [3.8, 4) is 0 Å². The standard InChI is InChI=1S/C12H16FNO4S/c1-8(7-19(2,17)18)14-6-10-5-9(12(15)16)3-4-11(10)13/h3-5,8,14H,6-7H2,1-2H3,(H,15,16). The predicted molar refractivity (Wildman–Crippen MR) is 69.4 cm³/mol. The molecule has 0 heterocycles. The molecular weight excluding hydrogens is 273 g/mol. The molecule has 0 saturated heterocycles. The number of hydrogen-bond donors (Lipinski definition) is 2. The molecule has 0 aliphatic rings. The summed E-state index contributed by atoms with van der Waals surface area (Å²) < 4.78 is 35.6. The van der Waals surface area contributed by atoms with E-state index in [1.807, 2.05) is 0 Å². The fraction of sp³-hybridized carbons (Fsp3) is 0.417. The molecule has 0 fully saturated rings. The Hall–Kier alpha value is -1.47. The maximum absolute atomic E-state index is 13.5. The minimum atomic E-state index is -3.11. The number of carboxylic acids is 1. The third-order valence-corrected chi connectivity index (χ3v) is 3.59. The van der Waals surface area contributed by atoms with E-state index in [-0.39, 0.29) is 29.5 Å². The van der Waals surface area contributed by atoms with Gasteiger partial charge in [0.15, 0.2) is 0 Å². The number of hydrogen-bond acceptors (Lipinski definition) is 4. The first-order valence-corrected chi connectivity index (χ1v) is 7.68. The lowest BCUT2D eigenvalue weighted by molar-refractivity contribution is 0.0696. The van der Waals surface area contributed by atoms with Crippen molar-refractivity contribution in [1.82, 2.24) is 5.32 Å². The van der Waals surface area contributed by atoms with Crippen LogP contribution >= 0.6 is 0 Å². The summed E-state index contributed by atoms with van der Waals surface area (Å²) in [6.07, 6.45) is 1.12. The zero-order chi connectivity index (χ0) is 14.6. The van der Waals surface area contributed by atoms with Gasteiger partial charge in [0.05, 0.1) is 11.3 Å². The molecule has 1 atom stereocenters. The monoisotopic (exact) mass is 289 g/mol. The molecule has 7 heteroatoms. The molecular formula is C12H16FNO4S. The van der Waals surface area contributed by atoms with Crippen molar-refractivity contribution >= 4 is 15.8 Å². The average molecular weight is 289 g/mol. The van der Waals surface area contributed by atoms with Crippen molar-refractivity contribution in [2.75, 3.05) is 12.0 Å². The average Bonchev–Trinajstić information content (AvgIpc) is 2.25.